The number of nitrogens with one attached hydrogen (secondary N) is 4. The summed E-state index contributed by atoms with van der Waals surface area (Å²) in [4.78, 5) is 52.5. The van der Waals surface area contributed by atoms with E-state index in [-0.39, 0.29) is 0 Å². The highest BCUT2D eigenvalue weighted by Crippen LogP contribution is 2.40. The normalized spacial score (nSPS) is 12.0. The third-order valence-electron chi connectivity index (χ3n) is 6.74. The second-order valence-corrected chi connectivity index (χ2v) is 12.1. The van der Waals surface area contributed by atoms with Crippen LogP contribution in [0, 0.1) is 0 Å². The standard InChI is InChI=1S/C34H34N4O6S2/c1-43-33(41)27(21-23-13-5-3-6-14-23)35-37-31(39)25-17-9-11-19-29(25)45-46-30-20-12-10-18-26(30)32(40)38-36-28(34(42)44-2)22-24-15-7-4-8-16-24/h3-20,27-28,35-36H,21-22H2,1-2H3,(H,37,39)(H,38,40)/t27-,28-/m0/s1. The second-order valence-electron chi connectivity index (χ2n) is 9.89. The molecule has 4 aromatic carbocycles. The van der Waals surface area contributed by atoms with Gasteiger partial charge in [-0.3, -0.25) is 30.0 Å². The lowest BCUT2D eigenvalue weighted by Crippen LogP contribution is -2.49. The number of hydrazine groups is 2. The van der Waals surface area contributed by atoms with Crippen molar-refractivity contribution in [3.63, 3.8) is 0 Å². The molecule has 0 saturated carbocycles. The topological polar surface area (TPSA) is 135 Å². The van der Waals surface area contributed by atoms with E-state index < -0.39 is 35.8 Å². The molecule has 0 aliphatic heterocycles. The van der Waals surface area contributed by atoms with Gasteiger partial charge < -0.3 is 9.47 Å². The Morgan fingerprint density at radius 2 is 0.891 bits per heavy atom. The first-order chi connectivity index (χ1) is 22.4. The maximum atomic E-state index is 13.2. The molecule has 0 aliphatic carbocycles. The van der Waals surface area contributed by atoms with Crippen LogP contribution in [-0.4, -0.2) is 50.1 Å². The van der Waals surface area contributed by atoms with Crippen molar-refractivity contribution in [3.05, 3.63) is 131 Å². The summed E-state index contributed by atoms with van der Waals surface area (Å²) in [5.41, 5.74) is 13.5. The van der Waals surface area contributed by atoms with E-state index in [0.29, 0.717) is 33.8 Å². The second kappa shape index (κ2) is 17.8. The van der Waals surface area contributed by atoms with Gasteiger partial charge in [-0.05, 0) is 35.4 Å². The molecule has 46 heavy (non-hydrogen) atoms. The Labute approximate surface area is 275 Å². The lowest BCUT2D eigenvalue weighted by molar-refractivity contribution is -0.144. The summed E-state index contributed by atoms with van der Waals surface area (Å²) in [5.74, 6) is -1.89. The molecular weight excluding hydrogens is 625 g/mol. The van der Waals surface area contributed by atoms with Gasteiger partial charge in [0.1, 0.15) is 12.1 Å². The monoisotopic (exact) mass is 658 g/mol. The molecule has 2 atom stereocenters. The number of ether oxygens (including phenoxy) is 2. The summed E-state index contributed by atoms with van der Waals surface area (Å²) >= 11 is 0. The Kier molecular flexibility index (Phi) is 13.2. The van der Waals surface area contributed by atoms with Crippen LogP contribution in [0.5, 0.6) is 0 Å². The van der Waals surface area contributed by atoms with Gasteiger partial charge in [0.05, 0.1) is 25.3 Å². The molecule has 0 spiro atoms. The summed E-state index contributed by atoms with van der Waals surface area (Å²) in [7, 11) is 5.20. The van der Waals surface area contributed by atoms with Crippen molar-refractivity contribution in [1.29, 1.82) is 0 Å². The van der Waals surface area contributed by atoms with Gasteiger partial charge in [-0.1, -0.05) is 107 Å². The van der Waals surface area contributed by atoms with Crippen molar-refractivity contribution in [2.45, 2.75) is 34.7 Å². The summed E-state index contributed by atoms with van der Waals surface area (Å²) in [5, 5.41) is 0. The van der Waals surface area contributed by atoms with Crippen molar-refractivity contribution in [2.75, 3.05) is 14.2 Å². The molecule has 2 amide bonds. The molecule has 4 rings (SSSR count). The van der Waals surface area contributed by atoms with Gasteiger partial charge in [-0.2, -0.15) is 0 Å². The molecule has 10 nitrogen and oxygen atoms in total. The van der Waals surface area contributed by atoms with Crippen molar-refractivity contribution >= 4 is 45.3 Å². The predicted octanol–water partition coefficient (Wildman–Crippen LogP) is 4.52. The Balaban J connectivity index is 1.40. The lowest BCUT2D eigenvalue weighted by atomic mass is 10.1. The molecule has 0 heterocycles. The molecule has 0 radical (unpaired) electrons. The van der Waals surface area contributed by atoms with E-state index in [1.807, 2.05) is 72.8 Å². The van der Waals surface area contributed by atoms with Crippen LogP contribution in [0.1, 0.15) is 31.8 Å². The highest BCUT2D eigenvalue weighted by molar-refractivity contribution is 8.76. The predicted molar refractivity (Wildman–Crippen MR) is 178 cm³/mol. The van der Waals surface area contributed by atoms with Crippen LogP contribution < -0.4 is 21.7 Å². The molecule has 0 aliphatic rings. The van der Waals surface area contributed by atoms with Crippen LogP contribution in [0.15, 0.2) is 119 Å². The van der Waals surface area contributed by atoms with Crippen LogP contribution in [0.3, 0.4) is 0 Å². The third-order valence-corrected chi connectivity index (χ3v) is 9.22. The zero-order valence-electron chi connectivity index (χ0n) is 25.2. The van der Waals surface area contributed by atoms with Gasteiger partial charge >= 0.3 is 11.9 Å². The molecule has 238 valence electrons. The summed E-state index contributed by atoms with van der Waals surface area (Å²) in [6, 6.07) is 31.2. The minimum atomic E-state index is -0.795. The number of rotatable bonds is 15. The quantitative estimate of drug-likeness (QED) is 0.0821. The van der Waals surface area contributed by atoms with Crippen molar-refractivity contribution < 1.29 is 28.7 Å². The number of esters is 2. The van der Waals surface area contributed by atoms with Crippen LogP contribution >= 0.6 is 21.6 Å². The minimum Gasteiger partial charge on any atom is -0.468 e. The number of benzene rings is 4. The molecule has 4 aromatic rings. The molecular formula is C34H34N4O6S2. The number of hydrogen-bond acceptors (Lipinski definition) is 10. The molecule has 4 N–H and O–H groups in total. The van der Waals surface area contributed by atoms with Crippen molar-refractivity contribution in [1.82, 2.24) is 21.7 Å². The number of methoxy groups -OCH3 is 2. The molecule has 0 unspecified atom stereocenters. The van der Waals surface area contributed by atoms with Crippen LogP contribution in [0.25, 0.3) is 0 Å². The Bertz CT molecular complexity index is 1500. The number of hydrogen-bond donors (Lipinski definition) is 4. The van der Waals surface area contributed by atoms with E-state index in [4.69, 9.17) is 9.47 Å². The van der Waals surface area contributed by atoms with E-state index in [1.54, 1.807) is 36.4 Å². The number of amides is 2. The Hall–Kier alpha value is -4.62. The fourth-order valence-corrected chi connectivity index (χ4v) is 6.71. The molecule has 0 bridgehead atoms. The van der Waals surface area contributed by atoms with Gasteiger partial charge in [0.15, 0.2) is 0 Å². The average Bonchev–Trinajstić information content (AvgIpc) is 3.11. The maximum Gasteiger partial charge on any atom is 0.325 e. The van der Waals surface area contributed by atoms with Crippen LogP contribution in [-0.2, 0) is 31.9 Å². The first kappa shape index (κ1) is 34.3. The SMILES string of the molecule is COC(=O)[C@H](Cc1ccccc1)NNC(=O)c1ccccc1SSc1ccccc1C(=O)NN[C@@H](Cc1ccccc1)C(=O)OC. The number of carbonyl (C=O) groups excluding carboxylic acids is 4. The van der Waals surface area contributed by atoms with Crippen molar-refractivity contribution in [3.8, 4) is 0 Å². The third kappa shape index (κ3) is 9.94. The van der Waals surface area contributed by atoms with E-state index in [2.05, 4.69) is 21.7 Å². The first-order valence-electron chi connectivity index (χ1n) is 14.3. The van der Waals surface area contributed by atoms with Gasteiger partial charge in [0, 0.05) is 22.6 Å². The van der Waals surface area contributed by atoms with Crippen LogP contribution in [0.2, 0.25) is 0 Å². The van der Waals surface area contributed by atoms with Gasteiger partial charge in [-0.25, -0.2) is 10.9 Å². The van der Waals surface area contributed by atoms with E-state index >= 15 is 0 Å². The Morgan fingerprint density at radius 3 is 1.26 bits per heavy atom. The van der Waals surface area contributed by atoms with Gasteiger partial charge in [0.25, 0.3) is 11.8 Å². The van der Waals surface area contributed by atoms with Gasteiger partial charge in [0.2, 0.25) is 0 Å². The maximum absolute atomic E-state index is 13.2. The molecule has 0 aromatic heterocycles. The zero-order valence-corrected chi connectivity index (χ0v) is 26.9. The van der Waals surface area contributed by atoms with Gasteiger partial charge in [-0.15, -0.1) is 0 Å². The smallest absolute Gasteiger partial charge is 0.325 e. The van der Waals surface area contributed by atoms with E-state index in [9.17, 15) is 19.2 Å². The number of carbonyl (C=O) groups is 4. The lowest BCUT2D eigenvalue weighted by Gasteiger charge is -2.18. The average molecular weight is 659 g/mol. The fourth-order valence-electron chi connectivity index (χ4n) is 4.35. The largest absolute Gasteiger partial charge is 0.468 e. The summed E-state index contributed by atoms with van der Waals surface area (Å²) < 4.78 is 9.84. The van der Waals surface area contributed by atoms with Crippen molar-refractivity contribution in [2.24, 2.45) is 0 Å². The van der Waals surface area contributed by atoms with Crippen LogP contribution in [0.4, 0.5) is 0 Å². The highest BCUT2D eigenvalue weighted by Gasteiger charge is 2.23. The first-order valence-corrected chi connectivity index (χ1v) is 16.4. The zero-order chi connectivity index (χ0) is 32.7. The molecule has 12 heteroatoms. The molecule has 0 saturated heterocycles. The van der Waals surface area contributed by atoms with E-state index in [0.717, 1.165) is 11.1 Å². The Morgan fingerprint density at radius 1 is 0.543 bits per heavy atom. The molecule has 0 fully saturated rings. The summed E-state index contributed by atoms with van der Waals surface area (Å²) in [6.07, 6.45) is 0.640. The minimum absolute atomic E-state index is 0.320. The fraction of sp³-hybridized carbons (Fsp3) is 0.176. The highest BCUT2D eigenvalue weighted by atomic mass is 33.1. The summed E-state index contributed by atoms with van der Waals surface area (Å²) in [6.45, 7) is 0. The van der Waals surface area contributed by atoms with E-state index in [1.165, 1.54) is 35.8 Å².